The zero-order valence-corrected chi connectivity index (χ0v) is 12.9. The highest BCUT2D eigenvalue weighted by molar-refractivity contribution is 5.33. The SMILES string of the molecule is CNCC1CCN(CCCc2ccccc2OC)CC1. The molecule has 1 aliphatic heterocycles. The molecule has 1 aliphatic rings. The van der Waals surface area contributed by atoms with Gasteiger partial charge in [-0.3, -0.25) is 0 Å². The summed E-state index contributed by atoms with van der Waals surface area (Å²) in [7, 11) is 3.81. The van der Waals surface area contributed by atoms with E-state index < -0.39 is 0 Å². The molecular weight excluding hydrogens is 248 g/mol. The first-order chi connectivity index (χ1) is 9.83. The van der Waals surface area contributed by atoms with E-state index in [0.29, 0.717) is 0 Å². The fraction of sp³-hybridized carbons (Fsp3) is 0.647. The van der Waals surface area contributed by atoms with Crippen molar-refractivity contribution >= 4 is 0 Å². The maximum absolute atomic E-state index is 5.41. The molecule has 0 aromatic heterocycles. The second-order valence-electron chi connectivity index (χ2n) is 5.76. The summed E-state index contributed by atoms with van der Waals surface area (Å²) >= 11 is 0. The minimum atomic E-state index is 0.880. The van der Waals surface area contributed by atoms with Gasteiger partial charge in [0, 0.05) is 0 Å². The van der Waals surface area contributed by atoms with E-state index in [1.165, 1.54) is 51.0 Å². The van der Waals surface area contributed by atoms with Crippen molar-refractivity contribution in [3.05, 3.63) is 29.8 Å². The molecule has 1 saturated heterocycles. The Bertz CT molecular complexity index is 386. The van der Waals surface area contributed by atoms with E-state index in [9.17, 15) is 0 Å². The van der Waals surface area contributed by atoms with Crippen molar-refractivity contribution < 1.29 is 4.74 Å². The van der Waals surface area contributed by atoms with Gasteiger partial charge in [-0.1, -0.05) is 18.2 Å². The highest BCUT2D eigenvalue weighted by atomic mass is 16.5. The molecule has 112 valence electrons. The Balaban J connectivity index is 1.69. The maximum atomic E-state index is 5.41. The molecule has 1 heterocycles. The predicted molar refractivity (Wildman–Crippen MR) is 84.4 cm³/mol. The minimum absolute atomic E-state index is 0.880. The number of rotatable bonds is 7. The molecule has 1 aromatic carbocycles. The largest absolute Gasteiger partial charge is 0.496 e. The highest BCUT2D eigenvalue weighted by Crippen LogP contribution is 2.20. The zero-order valence-electron chi connectivity index (χ0n) is 12.9. The third-order valence-corrected chi connectivity index (χ3v) is 4.31. The van der Waals surface area contributed by atoms with Gasteiger partial charge in [-0.2, -0.15) is 0 Å². The Labute approximate surface area is 123 Å². The minimum Gasteiger partial charge on any atom is -0.496 e. The quantitative estimate of drug-likeness (QED) is 0.828. The lowest BCUT2D eigenvalue weighted by atomic mass is 9.96. The number of methoxy groups -OCH3 is 1. The molecule has 1 fully saturated rings. The summed E-state index contributed by atoms with van der Waals surface area (Å²) in [6.45, 7) is 4.91. The average molecular weight is 276 g/mol. The molecule has 0 saturated carbocycles. The van der Waals surface area contributed by atoms with Gasteiger partial charge in [-0.15, -0.1) is 0 Å². The molecule has 1 aromatic rings. The Kier molecular flexibility index (Phi) is 6.34. The van der Waals surface area contributed by atoms with Gasteiger partial charge in [0.1, 0.15) is 5.75 Å². The van der Waals surface area contributed by atoms with Crippen LogP contribution in [0.1, 0.15) is 24.8 Å². The molecule has 1 N–H and O–H groups in total. The average Bonchev–Trinajstić information content (AvgIpc) is 2.50. The zero-order chi connectivity index (χ0) is 14.2. The van der Waals surface area contributed by atoms with Gasteiger partial charge >= 0.3 is 0 Å². The standard InChI is InChI=1S/C17H28N2O/c1-18-14-15-9-12-19(13-10-15)11-5-7-16-6-3-4-8-17(16)20-2/h3-4,6,8,15,18H,5,7,9-14H2,1-2H3. The first-order valence-electron chi connectivity index (χ1n) is 7.82. The number of hydrogen-bond acceptors (Lipinski definition) is 3. The van der Waals surface area contributed by atoms with Crippen LogP contribution in [0.2, 0.25) is 0 Å². The number of aryl methyl sites for hydroxylation is 1. The lowest BCUT2D eigenvalue weighted by Gasteiger charge is -2.31. The number of likely N-dealkylation sites (tertiary alicyclic amines) is 1. The van der Waals surface area contributed by atoms with E-state index in [4.69, 9.17) is 4.74 Å². The molecule has 0 unspecified atom stereocenters. The van der Waals surface area contributed by atoms with E-state index >= 15 is 0 Å². The van der Waals surface area contributed by atoms with Crippen LogP contribution in [0, 0.1) is 5.92 Å². The number of hydrogen-bond donors (Lipinski definition) is 1. The molecule has 0 bridgehead atoms. The normalized spacial score (nSPS) is 17.3. The van der Waals surface area contributed by atoms with E-state index in [-0.39, 0.29) is 0 Å². The van der Waals surface area contributed by atoms with Gasteiger partial charge in [-0.25, -0.2) is 0 Å². The molecule has 2 rings (SSSR count). The Morgan fingerprint density at radius 1 is 1.25 bits per heavy atom. The molecule has 0 atom stereocenters. The molecule has 0 aliphatic carbocycles. The van der Waals surface area contributed by atoms with Crippen molar-refractivity contribution in [3.8, 4) is 5.75 Å². The van der Waals surface area contributed by atoms with Crippen LogP contribution >= 0.6 is 0 Å². The Morgan fingerprint density at radius 3 is 2.70 bits per heavy atom. The van der Waals surface area contributed by atoms with Crippen LogP contribution in [0.5, 0.6) is 5.75 Å². The lowest BCUT2D eigenvalue weighted by Crippen LogP contribution is -2.37. The summed E-state index contributed by atoms with van der Waals surface area (Å²) in [5, 5.41) is 3.30. The number of benzene rings is 1. The lowest BCUT2D eigenvalue weighted by molar-refractivity contribution is 0.182. The first-order valence-corrected chi connectivity index (χ1v) is 7.82. The van der Waals surface area contributed by atoms with Crippen LogP contribution in [0.3, 0.4) is 0 Å². The third-order valence-electron chi connectivity index (χ3n) is 4.31. The summed E-state index contributed by atoms with van der Waals surface area (Å²) in [6, 6.07) is 8.37. The van der Waals surface area contributed by atoms with Crippen LogP contribution in [0.25, 0.3) is 0 Å². The smallest absolute Gasteiger partial charge is 0.122 e. The summed E-state index contributed by atoms with van der Waals surface area (Å²) in [5.74, 6) is 1.91. The Morgan fingerprint density at radius 2 is 2.00 bits per heavy atom. The number of para-hydroxylation sites is 1. The van der Waals surface area contributed by atoms with Crippen molar-refractivity contribution in [3.63, 3.8) is 0 Å². The second kappa shape index (κ2) is 8.28. The van der Waals surface area contributed by atoms with Crippen LogP contribution in [-0.2, 0) is 6.42 Å². The van der Waals surface area contributed by atoms with Crippen molar-refractivity contribution in [1.82, 2.24) is 10.2 Å². The number of nitrogens with zero attached hydrogens (tertiary/aromatic N) is 1. The Hall–Kier alpha value is -1.06. The van der Waals surface area contributed by atoms with Gasteiger partial charge in [0.15, 0.2) is 0 Å². The summed E-state index contributed by atoms with van der Waals surface area (Å²) in [5.41, 5.74) is 1.33. The molecular formula is C17H28N2O. The summed E-state index contributed by atoms with van der Waals surface area (Å²) < 4.78 is 5.41. The van der Waals surface area contributed by atoms with Crippen LogP contribution < -0.4 is 10.1 Å². The fourth-order valence-corrected chi connectivity index (χ4v) is 3.11. The second-order valence-corrected chi connectivity index (χ2v) is 5.76. The molecule has 0 amide bonds. The van der Waals surface area contributed by atoms with E-state index in [1.54, 1.807) is 7.11 Å². The van der Waals surface area contributed by atoms with Crippen LogP contribution in [-0.4, -0.2) is 45.2 Å². The van der Waals surface area contributed by atoms with Crippen molar-refractivity contribution in [2.24, 2.45) is 5.92 Å². The predicted octanol–water partition coefficient (Wildman–Crippen LogP) is 2.56. The van der Waals surface area contributed by atoms with Gasteiger partial charge < -0.3 is 15.0 Å². The molecule has 20 heavy (non-hydrogen) atoms. The van der Waals surface area contributed by atoms with E-state index in [2.05, 4.69) is 35.5 Å². The van der Waals surface area contributed by atoms with Crippen molar-refractivity contribution in [1.29, 1.82) is 0 Å². The van der Waals surface area contributed by atoms with Crippen molar-refractivity contribution in [2.75, 3.05) is 40.3 Å². The molecule has 0 radical (unpaired) electrons. The number of ether oxygens (including phenoxy) is 1. The van der Waals surface area contributed by atoms with Crippen LogP contribution in [0.4, 0.5) is 0 Å². The number of nitrogens with one attached hydrogen (secondary N) is 1. The highest BCUT2D eigenvalue weighted by Gasteiger charge is 2.17. The summed E-state index contributed by atoms with van der Waals surface area (Å²) in [4.78, 5) is 2.61. The third kappa shape index (κ3) is 4.50. The first kappa shape index (κ1) is 15.3. The van der Waals surface area contributed by atoms with Gasteiger partial charge in [0.25, 0.3) is 0 Å². The fourth-order valence-electron chi connectivity index (χ4n) is 3.11. The molecule has 0 spiro atoms. The topological polar surface area (TPSA) is 24.5 Å². The monoisotopic (exact) mass is 276 g/mol. The maximum Gasteiger partial charge on any atom is 0.122 e. The number of piperidine rings is 1. The summed E-state index contributed by atoms with van der Waals surface area (Å²) in [6.07, 6.45) is 5.02. The van der Waals surface area contributed by atoms with Crippen molar-refractivity contribution in [2.45, 2.75) is 25.7 Å². The van der Waals surface area contributed by atoms with Gasteiger partial charge in [0.2, 0.25) is 0 Å². The van der Waals surface area contributed by atoms with Gasteiger partial charge in [0.05, 0.1) is 7.11 Å². The molecule has 3 nitrogen and oxygen atoms in total. The van der Waals surface area contributed by atoms with E-state index in [0.717, 1.165) is 18.1 Å². The van der Waals surface area contributed by atoms with Gasteiger partial charge in [-0.05, 0) is 76.5 Å². The van der Waals surface area contributed by atoms with E-state index in [1.807, 2.05) is 6.07 Å². The van der Waals surface area contributed by atoms with Crippen LogP contribution in [0.15, 0.2) is 24.3 Å². The molecule has 3 heteroatoms.